The Morgan fingerprint density at radius 1 is 1.43 bits per heavy atom. The third kappa shape index (κ3) is 4.20. The Kier molecular flexibility index (Phi) is 5.46. The number of aliphatic hydroxyl groups excluding tert-OH is 1. The molecule has 1 fully saturated rings. The summed E-state index contributed by atoms with van der Waals surface area (Å²) < 4.78 is 7.34. The molecule has 0 aromatic carbocycles. The van der Waals surface area contributed by atoms with Gasteiger partial charge in [-0.25, -0.2) is 4.68 Å². The topological polar surface area (TPSA) is 76.1 Å². The zero-order valence-electron chi connectivity index (χ0n) is 13.7. The van der Waals surface area contributed by atoms with Crippen molar-refractivity contribution < 1.29 is 9.52 Å². The molecule has 6 heteroatoms. The molecular weight excluding hydrogens is 292 g/mol. The van der Waals surface area contributed by atoms with Crippen LogP contribution in [-0.2, 0) is 13.0 Å². The van der Waals surface area contributed by atoms with E-state index < -0.39 is 0 Å². The number of nitrogens with zero attached hydrogens (tertiary/aromatic N) is 3. The van der Waals surface area contributed by atoms with E-state index in [1.54, 1.807) is 6.26 Å². The number of aromatic nitrogens is 3. The summed E-state index contributed by atoms with van der Waals surface area (Å²) >= 11 is 0. The van der Waals surface area contributed by atoms with Crippen molar-refractivity contribution in [2.24, 2.45) is 0 Å². The Hall–Kier alpha value is -1.66. The van der Waals surface area contributed by atoms with E-state index in [-0.39, 0.29) is 6.61 Å². The van der Waals surface area contributed by atoms with Crippen LogP contribution in [-0.4, -0.2) is 32.2 Å². The molecule has 2 N–H and O–H groups in total. The lowest BCUT2D eigenvalue weighted by molar-refractivity contribution is 0.226. The molecule has 1 aliphatic carbocycles. The fraction of sp³-hybridized carbons (Fsp3) is 0.647. The highest BCUT2D eigenvalue weighted by Crippen LogP contribution is 2.28. The predicted molar refractivity (Wildman–Crippen MR) is 86.9 cm³/mol. The lowest BCUT2D eigenvalue weighted by Crippen LogP contribution is -2.44. The zero-order valence-corrected chi connectivity index (χ0v) is 13.7. The minimum absolute atomic E-state index is 0.0512. The van der Waals surface area contributed by atoms with Gasteiger partial charge in [-0.15, -0.1) is 5.10 Å². The average Bonchev–Trinajstić information content (AvgIpc) is 3.25. The van der Waals surface area contributed by atoms with Crippen LogP contribution in [0.5, 0.6) is 0 Å². The molecule has 2 aromatic rings. The molecule has 126 valence electrons. The normalized spacial score (nSPS) is 23.0. The van der Waals surface area contributed by atoms with E-state index in [0.29, 0.717) is 23.8 Å². The fourth-order valence-corrected chi connectivity index (χ4v) is 3.43. The molecule has 3 atom stereocenters. The molecular formula is C17H26N4O2. The van der Waals surface area contributed by atoms with Crippen LogP contribution >= 0.6 is 0 Å². The molecule has 2 aromatic heterocycles. The molecule has 1 aliphatic rings. The number of nitrogens with one attached hydrogen (secondary N) is 1. The fourth-order valence-electron chi connectivity index (χ4n) is 3.43. The van der Waals surface area contributed by atoms with Gasteiger partial charge in [0.2, 0.25) is 0 Å². The van der Waals surface area contributed by atoms with E-state index in [2.05, 4.69) is 22.6 Å². The summed E-state index contributed by atoms with van der Waals surface area (Å²) in [4.78, 5) is 0. The van der Waals surface area contributed by atoms with Crippen LogP contribution in [0.3, 0.4) is 0 Å². The van der Waals surface area contributed by atoms with Crippen molar-refractivity contribution >= 4 is 0 Å². The highest BCUT2D eigenvalue weighted by Gasteiger charge is 2.28. The van der Waals surface area contributed by atoms with E-state index in [4.69, 9.17) is 4.42 Å². The first-order chi connectivity index (χ1) is 11.3. The van der Waals surface area contributed by atoms with E-state index >= 15 is 0 Å². The van der Waals surface area contributed by atoms with Crippen LogP contribution in [0.25, 0.3) is 0 Å². The standard InChI is InChI=1S/C17H26N4O2/c1-13(8-9-15-5-4-10-23-15)18-16-6-2-3-7-17(16)21-11-14(12-22)19-20-21/h4-5,10-11,13,16-18,22H,2-3,6-9,12H2,1H3/t13-,16+,17-/m1/s1. The summed E-state index contributed by atoms with van der Waals surface area (Å²) in [6.45, 7) is 2.18. The molecule has 2 heterocycles. The Morgan fingerprint density at radius 3 is 3.04 bits per heavy atom. The SMILES string of the molecule is C[C@H](CCc1ccco1)N[C@H]1CCCC[C@H]1n1cc(CO)nn1. The molecule has 3 rings (SSSR count). The summed E-state index contributed by atoms with van der Waals surface area (Å²) in [5.41, 5.74) is 0.639. The largest absolute Gasteiger partial charge is 0.469 e. The third-order valence-corrected chi connectivity index (χ3v) is 4.69. The van der Waals surface area contributed by atoms with Gasteiger partial charge in [-0.1, -0.05) is 18.1 Å². The predicted octanol–water partition coefficient (Wildman–Crippen LogP) is 2.46. The second-order valence-electron chi connectivity index (χ2n) is 6.49. The van der Waals surface area contributed by atoms with Crippen molar-refractivity contribution in [2.45, 2.75) is 70.2 Å². The first-order valence-electron chi connectivity index (χ1n) is 8.56. The molecule has 0 bridgehead atoms. The zero-order chi connectivity index (χ0) is 16.1. The first-order valence-corrected chi connectivity index (χ1v) is 8.56. The maximum absolute atomic E-state index is 9.18. The Morgan fingerprint density at radius 2 is 2.30 bits per heavy atom. The second-order valence-corrected chi connectivity index (χ2v) is 6.49. The maximum atomic E-state index is 9.18. The van der Waals surface area contributed by atoms with Gasteiger partial charge in [0.1, 0.15) is 11.5 Å². The maximum Gasteiger partial charge on any atom is 0.108 e. The van der Waals surface area contributed by atoms with E-state index in [1.807, 2.05) is 23.0 Å². The number of aryl methyl sites for hydroxylation is 1. The van der Waals surface area contributed by atoms with Crippen molar-refractivity contribution in [3.05, 3.63) is 36.0 Å². The van der Waals surface area contributed by atoms with Crippen LogP contribution in [0.4, 0.5) is 0 Å². The van der Waals surface area contributed by atoms with Crippen LogP contribution in [0.2, 0.25) is 0 Å². The molecule has 0 radical (unpaired) electrons. The second kappa shape index (κ2) is 7.75. The van der Waals surface area contributed by atoms with E-state index in [0.717, 1.165) is 31.4 Å². The van der Waals surface area contributed by atoms with Gasteiger partial charge in [-0.2, -0.15) is 0 Å². The lowest BCUT2D eigenvalue weighted by atomic mass is 9.89. The van der Waals surface area contributed by atoms with Crippen LogP contribution in [0.15, 0.2) is 29.0 Å². The smallest absolute Gasteiger partial charge is 0.108 e. The van der Waals surface area contributed by atoms with Crippen LogP contribution in [0.1, 0.15) is 56.5 Å². The third-order valence-electron chi connectivity index (χ3n) is 4.69. The van der Waals surface area contributed by atoms with Gasteiger partial charge in [-0.05, 0) is 38.3 Å². The van der Waals surface area contributed by atoms with Crippen molar-refractivity contribution in [1.29, 1.82) is 0 Å². The van der Waals surface area contributed by atoms with Gasteiger partial charge in [0.15, 0.2) is 0 Å². The summed E-state index contributed by atoms with van der Waals surface area (Å²) in [6.07, 6.45) is 10.3. The highest BCUT2D eigenvalue weighted by atomic mass is 16.3. The summed E-state index contributed by atoms with van der Waals surface area (Å²) in [5, 5.41) is 21.2. The number of hydrogen-bond donors (Lipinski definition) is 2. The molecule has 0 amide bonds. The van der Waals surface area contributed by atoms with Gasteiger partial charge in [0.25, 0.3) is 0 Å². The summed E-state index contributed by atoms with van der Waals surface area (Å²) in [5.74, 6) is 1.04. The number of hydrogen-bond acceptors (Lipinski definition) is 5. The molecule has 0 spiro atoms. The van der Waals surface area contributed by atoms with Gasteiger partial charge < -0.3 is 14.8 Å². The molecule has 0 aliphatic heterocycles. The average molecular weight is 318 g/mol. The first kappa shape index (κ1) is 16.2. The molecule has 1 saturated carbocycles. The Bertz CT molecular complexity index is 581. The van der Waals surface area contributed by atoms with E-state index in [9.17, 15) is 5.11 Å². The molecule has 23 heavy (non-hydrogen) atoms. The highest BCUT2D eigenvalue weighted by molar-refractivity contribution is 4.99. The minimum atomic E-state index is -0.0512. The van der Waals surface area contributed by atoms with Crippen molar-refractivity contribution in [3.8, 4) is 0 Å². The summed E-state index contributed by atoms with van der Waals surface area (Å²) in [7, 11) is 0. The van der Waals surface area contributed by atoms with Crippen molar-refractivity contribution in [1.82, 2.24) is 20.3 Å². The molecule has 0 saturated heterocycles. The van der Waals surface area contributed by atoms with Crippen molar-refractivity contribution in [3.63, 3.8) is 0 Å². The quantitative estimate of drug-likeness (QED) is 0.820. The summed E-state index contributed by atoms with van der Waals surface area (Å²) in [6, 6.07) is 5.12. The van der Waals surface area contributed by atoms with Gasteiger partial charge in [-0.3, -0.25) is 0 Å². The van der Waals surface area contributed by atoms with Crippen LogP contribution < -0.4 is 5.32 Å². The van der Waals surface area contributed by atoms with Gasteiger partial charge >= 0.3 is 0 Å². The Labute approximate surface area is 136 Å². The monoisotopic (exact) mass is 318 g/mol. The van der Waals surface area contributed by atoms with Crippen LogP contribution in [0, 0.1) is 0 Å². The van der Waals surface area contributed by atoms with Crippen molar-refractivity contribution in [2.75, 3.05) is 0 Å². The minimum Gasteiger partial charge on any atom is -0.469 e. The lowest BCUT2D eigenvalue weighted by Gasteiger charge is -2.34. The number of rotatable bonds is 7. The van der Waals surface area contributed by atoms with Gasteiger partial charge in [0.05, 0.1) is 25.1 Å². The number of furan rings is 1. The Balaban J connectivity index is 1.57. The van der Waals surface area contributed by atoms with Gasteiger partial charge in [0, 0.05) is 18.5 Å². The number of aliphatic hydroxyl groups is 1. The molecule has 0 unspecified atom stereocenters. The molecule has 6 nitrogen and oxygen atoms in total. The van der Waals surface area contributed by atoms with E-state index in [1.165, 1.54) is 12.8 Å².